The summed E-state index contributed by atoms with van der Waals surface area (Å²) in [5, 5.41) is 9.50. The molecule has 3 heterocycles. The smallest absolute Gasteiger partial charge is 0.356 e. The van der Waals surface area contributed by atoms with Crippen LogP contribution in [-0.2, 0) is 4.74 Å². The summed E-state index contributed by atoms with van der Waals surface area (Å²) in [5.41, 5.74) is 2.11. The number of hydrogen-bond acceptors (Lipinski definition) is 4. The van der Waals surface area contributed by atoms with Crippen LogP contribution in [-0.4, -0.2) is 47.3 Å². The predicted octanol–water partition coefficient (Wildman–Crippen LogP) is 1.82. The van der Waals surface area contributed by atoms with Gasteiger partial charge in [-0.05, 0) is 24.1 Å². The van der Waals surface area contributed by atoms with E-state index in [1.165, 1.54) is 5.57 Å². The number of hydrogen-bond donors (Lipinski definition) is 1. The van der Waals surface area contributed by atoms with Crippen LogP contribution < -0.4 is 4.90 Å². The zero-order valence-electron chi connectivity index (χ0n) is 11.8. The first-order chi connectivity index (χ1) is 10.2. The van der Waals surface area contributed by atoms with Crippen molar-refractivity contribution < 1.29 is 14.6 Å². The predicted molar refractivity (Wildman–Crippen MR) is 78.9 cm³/mol. The Morgan fingerprint density at radius 1 is 1.48 bits per heavy atom. The van der Waals surface area contributed by atoms with E-state index in [4.69, 9.17) is 4.74 Å². The van der Waals surface area contributed by atoms with Crippen LogP contribution in [0.5, 0.6) is 0 Å². The molecule has 1 N–H and O–H groups in total. The minimum atomic E-state index is -0.963. The van der Waals surface area contributed by atoms with Crippen LogP contribution in [0, 0.1) is 0 Å². The molecule has 0 aliphatic carbocycles. The number of nitrogens with zero attached hydrogens (tertiary/aromatic N) is 3. The molecule has 1 aliphatic rings. The third-order valence-corrected chi connectivity index (χ3v) is 3.65. The Morgan fingerprint density at radius 3 is 3.00 bits per heavy atom. The van der Waals surface area contributed by atoms with Crippen molar-refractivity contribution in [1.82, 2.24) is 9.38 Å². The first-order valence-corrected chi connectivity index (χ1v) is 6.83. The van der Waals surface area contributed by atoms with E-state index in [1.54, 1.807) is 23.8 Å². The van der Waals surface area contributed by atoms with Gasteiger partial charge in [-0.1, -0.05) is 12.1 Å². The number of aromatic carboxylic acids is 1. The molecule has 6 nitrogen and oxygen atoms in total. The van der Waals surface area contributed by atoms with Crippen molar-refractivity contribution >= 4 is 17.4 Å². The highest BCUT2D eigenvalue weighted by Gasteiger charge is 2.24. The lowest BCUT2D eigenvalue weighted by atomic mass is 10.1. The monoisotopic (exact) mass is 287 g/mol. The molecule has 0 saturated heterocycles. The normalized spacial score (nSPS) is 15.3. The molecular weight excluding hydrogens is 270 g/mol. The second-order valence-corrected chi connectivity index (χ2v) is 5.01. The average Bonchev–Trinajstić information content (AvgIpc) is 2.88. The second-order valence-electron chi connectivity index (χ2n) is 5.01. The third-order valence-electron chi connectivity index (χ3n) is 3.65. The first-order valence-electron chi connectivity index (χ1n) is 6.83. The van der Waals surface area contributed by atoms with Crippen LogP contribution in [0.1, 0.15) is 16.9 Å². The fourth-order valence-electron chi connectivity index (χ4n) is 2.62. The number of rotatable bonds is 4. The lowest BCUT2D eigenvalue weighted by Crippen LogP contribution is -2.31. The summed E-state index contributed by atoms with van der Waals surface area (Å²) in [6, 6.07) is 5.47. The van der Waals surface area contributed by atoms with Crippen LogP contribution in [0.3, 0.4) is 0 Å². The molecule has 0 atom stereocenters. The molecule has 0 unspecified atom stereocenters. The SMILES string of the molecule is COCC1=CCN(c2nc3ccccn3c2C(=O)O)CC1. The van der Waals surface area contributed by atoms with Gasteiger partial charge in [0.15, 0.2) is 11.5 Å². The minimum absolute atomic E-state index is 0.217. The van der Waals surface area contributed by atoms with Crippen LogP contribution in [0.15, 0.2) is 36.0 Å². The van der Waals surface area contributed by atoms with E-state index in [2.05, 4.69) is 11.1 Å². The zero-order chi connectivity index (χ0) is 14.8. The van der Waals surface area contributed by atoms with E-state index in [9.17, 15) is 9.90 Å². The molecule has 1 aliphatic heterocycles. The summed E-state index contributed by atoms with van der Waals surface area (Å²) >= 11 is 0. The van der Waals surface area contributed by atoms with E-state index in [0.717, 1.165) is 13.0 Å². The number of fused-ring (bicyclic) bond motifs is 1. The maximum absolute atomic E-state index is 11.6. The molecule has 2 aromatic rings. The van der Waals surface area contributed by atoms with E-state index >= 15 is 0 Å². The highest BCUT2D eigenvalue weighted by atomic mass is 16.5. The van der Waals surface area contributed by atoms with Gasteiger partial charge in [-0.25, -0.2) is 9.78 Å². The third kappa shape index (κ3) is 2.50. The molecule has 21 heavy (non-hydrogen) atoms. The van der Waals surface area contributed by atoms with Gasteiger partial charge in [-0.3, -0.25) is 4.40 Å². The molecule has 0 amide bonds. The van der Waals surface area contributed by atoms with Gasteiger partial charge in [0.05, 0.1) is 6.61 Å². The summed E-state index contributed by atoms with van der Waals surface area (Å²) in [4.78, 5) is 18.1. The molecule has 110 valence electrons. The van der Waals surface area contributed by atoms with Crippen molar-refractivity contribution in [3.05, 3.63) is 41.7 Å². The quantitative estimate of drug-likeness (QED) is 0.869. The molecular formula is C15H17N3O3. The van der Waals surface area contributed by atoms with Gasteiger partial charge < -0.3 is 14.7 Å². The van der Waals surface area contributed by atoms with Gasteiger partial charge in [-0.15, -0.1) is 0 Å². The number of carboxylic acid groups (broad SMARTS) is 1. The number of aromatic nitrogens is 2. The molecule has 0 fully saturated rings. The zero-order valence-corrected chi connectivity index (χ0v) is 11.8. The Hall–Kier alpha value is -2.34. The summed E-state index contributed by atoms with van der Waals surface area (Å²) in [6.45, 7) is 2.03. The molecule has 0 bridgehead atoms. The maximum atomic E-state index is 11.6. The van der Waals surface area contributed by atoms with Crippen molar-refractivity contribution in [3.63, 3.8) is 0 Å². The van der Waals surface area contributed by atoms with E-state index in [-0.39, 0.29) is 5.69 Å². The van der Waals surface area contributed by atoms with Gasteiger partial charge in [0, 0.05) is 26.4 Å². The number of methoxy groups -OCH3 is 1. The lowest BCUT2D eigenvalue weighted by molar-refractivity contribution is 0.0690. The van der Waals surface area contributed by atoms with Crippen molar-refractivity contribution in [2.24, 2.45) is 0 Å². The lowest BCUT2D eigenvalue weighted by Gasteiger charge is -2.26. The van der Waals surface area contributed by atoms with Gasteiger partial charge in [0.1, 0.15) is 5.65 Å². The number of anilines is 1. The standard InChI is InChI=1S/C15H17N3O3/c1-21-10-11-5-8-17(9-6-11)14-13(15(19)20)18-7-3-2-4-12(18)16-14/h2-5,7H,6,8-10H2,1H3,(H,19,20). The average molecular weight is 287 g/mol. The van der Waals surface area contributed by atoms with Crippen molar-refractivity contribution in [3.8, 4) is 0 Å². The largest absolute Gasteiger partial charge is 0.476 e. The Labute approximate surface area is 122 Å². The van der Waals surface area contributed by atoms with Gasteiger partial charge in [-0.2, -0.15) is 0 Å². The highest BCUT2D eigenvalue weighted by Crippen LogP contribution is 2.24. The fraction of sp³-hybridized carbons (Fsp3) is 0.333. The molecule has 0 aromatic carbocycles. The Kier molecular flexibility index (Phi) is 3.62. The summed E-state index contributed by atoms with van der Waals surface area (Å²) in [6.07, 6.45) is 4.68. The summed E-state index contributed by atoms with van der Waals surface area (Å²) in [5.74, 6) is -0.434. The number of pyridine rings is 1. The van der Waals surface area contributed by atoms with Gasteiger partial charge in [0.25, 0.3) is 0 Å². The van der Waals surface area contributed by atoms with Gasteiger partial charge in [0.2, 0.25) is 0 Å². The highest BCUT2D eigenvalue weighted by molar-refractivity contribution is 5.93. The topological polar surface area (TPSA) is 67.1 Å². The number of carboxylic acids is 1. The summed E-state index contributed by atoms with van der Waals surface area (Å²) in [7, 11) is 1.68. The van der Waals surface area contributed by atoms with E-state index < -0.39 is 5.97 Å². The number of imidazole rings is 1. The molecule has 3 rings (SSSR count). The second kappa shape index (κ2) is 5.57. The van der Waals surface area contributed by atoms with Crippen LogP contribution >= 0.6 is 0 Å². The number of carbonyl (C=O) groups is 1. The minimum Gasteiger partial charge on any atom is -0.476 e. The fourth-order valence-corrected chi connectivity index (χ4v) is 2.62. The maximum Gasteiger partial charge on any atom is 0.356 e. The Bertz CT molecular complexity index is 705. The van der Waals surface area contributed by atoms with Crippen LogP contribution in [0.25, 0.3) is 5.65 Å². The van der Waals surface area contributed by atoms with E-state index in [0.29, 0.717) is 24.6 Å². The Morgan fingerprint density at radius 2 is 2.33 bits per heavy atom. The van der Waals surface area contributed by atoms with Crippen molar-refractivity contribution in [1.29, 1.82) is 0 Å². The van der Waals surface area contributed by atoms with E-state index in [1.807, 2.05) is 17.0 Å². The van der Waals surface area contributed by atoms with Gasteiger partial charge >= 0.3 is 5.97 Å². The summed E-state index contributed by atoms with van der Waals surface area (Å²) < 4.78 is 6.75. The number of ether oxygens (including phenoxy) is 1. The molecule has 0 saturated carbocycles. The van der Waals surface area contributed by atoms with Crippen molar-refractivity contribution in [2.75, 3.05) is 31.7 Å². The first kappa shape index (κ1) is 13.6. The molecule has 0 spiro atoms. The van der Waals surface area contributed by atoms with Crippen LogP contribution in [0.4, 0.5) is 5.82 Å². The Balaban J connectivity index is 1.98. The molecule has 0 radical (unpaired) electrons. The molecule has 2 aromatic heterocycles. The van der Waals surface area contributed by atoms with Crippen molar-refractivity contribution in [2.45, 2.75) is 6.42 Å². The van der Waals surface area contributed by atoms with Crippen LogP contribution in [0.2, 0.25) is 0 Å². The molecule has 6 heteroatoms.